The molecule has 0 saturated carbocycles. The van der Waals surface area contributed by atoms with Gasteiger partial charge < -0.3 is 4.42 Å². The van der Waals surface area contributed by atoms with Crippen LogP contribution in [0.4, 0.5) is 0 Å². The molecule has 0 bridgehead atoms. The number of sulfonamides is 1. The van der Waals surface area contributed by atoms with Gasteiger partial charge in [0.2, 0.25) is 0 Å². The van der Waals surface area contributed by atoms with Gasteiger partial charge in [-0.3, -0.25) is 0 Å². The summed E-state index contributed by atoms with van der Waals surface area (Å²) in [6.07, 6.45) is 1.23. The average molecular weight is 299 g/mol. The molecule has 1 N–H and O–H groups in total. The van der Waals surface area contributed by atoms with Gasteiger partial charge in [0.05, 0.1) is 11.1 Å². The molecule has 0 radical (unpaired) electrons. The molecule has 5 nitrogen and oxygen atoms in total. The van der Waals surface area contributed by atoms with Crippen LogP contribution in [-0.4, -0.2) is 14.6 Å². The van der Waals surface area contributed by atoms with Crippen molar-refractivity contribution in [2.75, 3.05) is 0 Å². The molecule has 0 atom stereocenters. The number of halogens is 1. The van der Waals surface area contributed by atoms with Gasteiger partial charge in [0.1, 0.15) is 5.76 Å². The van der Waals surface area contributed by atoms with Crippen LogP contribution >= 0.6 is 11.6 Å². The number of aryl methyl sites for hydroxylation is 1. The van der Waals surface area contributed by atoms with Gasteiger partial charge in [-0.05, 0) is 42.8 Å². The molecule has 1 aromatic heterocycles. The molecule has 0 aliphatic rings. The third-order valence-corrected chi connectivity index (χ3v) is 3.73. The maximum absolute atomic E-state index is 11.9. The van der Waals surface area contributed by atoms with E-state index in [4.69, 9.17) is 16.0 Å². The molecule has 2 aromatic rings. The minimum Gasteiger partial charge on any atom is -0.444 e. The Kier molecular flexibility index (Phi) is 3.92. The molecule has 0 aliphatic heterocycles. The highest BCUT2D eigenvalue weighted by Crippen LogP contribution is 2.12. The third kappa shape index (κ3) is 3.59. The number of rotatable bonds is 4. The van der Waals surface area contributed by atoms with E-state index in [1.54, 1.807) is 18.2 Å². The topological polar surface area (TPSA) is 71.7 Å². The second-order valence-electron chi connectivity index (χ2n) is 3.81. The van der Waals surface area contributed by atoms with Crippen LogP contribution in [0, 0.1) is 6.92 Å². The fourth-order valence-corrected chi connectivity index (χ4v) is 2.27. The summed E-state index contributed by atoms with van der Waals surface area (Å²) in [5.74, 6) is 0.358. The van der Waals surface area contributed by atoms with Crippen molar-refractivity contribution in [2.45, 2.75) is 11.8 Å². The van der Waals surface area contributed by atoms with E-state index in [0.29, 0.717) is 5.76 Å². The number of nitrogens with one attached hydrogen (secondary N) is 1. The maximum Gasteiger partial charge on any atom is 0.276 e. The molecular formula is C12H11ClN2O3S. The van der Waals surface area contributed by atoms with E-state index < -0.39 is 10.0 Å². The van der Waals surface area contributed by atoms with Crippen LogP contribution in [-0.2, 0) is 10.0 Å². The monoisotopic (exact) mass is 298 g/mol. The van der Waals surface area contributed by atoms with Crippen molar-refractivity contribution < 1.29 is 12.8 Å². The number of furan rings is 1. The van der Waals surface area contributed by atoms with E-state index in [-0.39, 0.29) is 10.1 Å². The molecule has 0 aliphatic carbocycles. The smallest absolute Gasteiger partial charge is 0.276 e. The van der Waals surface area contributed by atoms with Gasteiger partial charge in [0.25, 0.3) is 10.0 Å². The van der Waals surface area contributed by atoms with E-state index in [2.05, 4.69) is 9.93 Å². The summed E-state index contributed by atoms with van der Waals surface area (Å²) in [5, 5.41) is 3.82. The van der Waals surface area contributed by atoms with Crippen molar-refractivity contribution in [2.24, 2.45) is 5.10 Å². The van der Waals surface area contributed by atoms with Crippen molar-refractivity contribution in [3.05, 3.63) is 52.9 Å². The third-order valence-electron chi connectivity index (χ3n) is 2.29. The lowest BCUT2D eigenvalue weighted by Gasteiger charge is -2.02. The highest BCUT2D eigenvalue weighted by molar-refractivity contribution is 7.89. The number of hydrogen-bond donors (Lipinski definition) is 1. The fourth-order valence-electron chi connectivity index (χ4n) is 1.33. The first-order valence-electron chi connectivity index (χ1n) is 5.34. The Bertz CT molecular complexity index is 690. The van der Waals surface area contributed by atoms with E-state index in [1.165, 1.54) is 24.4 Å². The lowest BCUT2D eigenvalue weighted by Crippen LogP contribution is -2.18. The number of nitrogens with zero attached hydrogens (tertiary/aromatic N) is 1. The summed E-state index contributed by atoms with van der Waals surface area (Å²) in [7, 11) is -3.66. The van der Waals surface area contributed by atoms with Crippen LogP contribution in [0.2, 0.25) is 5.22 Å². The molecule has 1 heterocycles. The largest absolute Gasteiger partial charge is 0.444 e. The molecule has 0 spiro atoms. The highest BCUT2D eigenvalue weighted by atomic mass is 35.5. The van der Waals surface area contributed by atoms with Crippen molar-refractivity contribution in [3.63, 3.8) is 0 Å². The van der Waals surface area contributed by atoms with E-state index in [1.807, 2.05) is 6.92 Å². The van der Waals surface area contributed by atoms with E-state index >= 15 is 0 Å². The highest BCUT2D eigenvalue weighted by Gasteiger charge is 2.11. The number of hydrazone groups is 1. The fraction of sp³-hybridized carbons (Fsp3) is 0.0833. The van der Waals surface area contributed by atoms with Crippen LogP contribution in [0.25, 0.3) is 0 Å². The van der Waals surface area contributed by atoms with Crippen molar-refractivity contribution in [1.29, 1.82) is 0 Å². The molecule has 2 rings (SSSR count). The van der Waals surface area contributed by atoms with Crippen LogP contribution in [0.1, 0.15) is 11.3 Å². The van der Waals surface area contributed by atoms with E-state index in [9.17, 15) is 8.42 Å². The lowest BCUT2D eigenvalue weighted by molar-refractivity contribution is 0.561. The average Bonchev–Trinajstić information content (AvgIpc) is 2.75. The second-order valence-corrected chi connectivity index (χ2v) is 5.84. The first-order valence-corrected chi connectivity index (χ1v) is 7.20. The summed E-state index contributed by atoms with van der Waals surface area (Å²) < 4.78 is 28.7. The van der Waals surface area contributed by atoms with Gasteiger partial charge in [-0.1, -0.05) is 17.7 Å². The molecule has 7 heteroatoms. The molecule has 100 valence electrons. The molecule has 0 amide bonds. The van der Waals surface area contributed by atoms with Crippen LogP contribution < -0.4 is 4.83 Å². The van der Waals surface area contributed by atoms with Crippen LogP contribution in [0.15, 0.2) is 50.8 Å². The van der Waals surface area contributed by atoms with Crippen molar-refractivity contribution in [3.8, 4) is 0 Å². The molecule has 0 fully saturated rings. The predicted octanol–water partition coefficient (Wildman–Crippen LogP) is 2.55. The summed E-state index contributed by atoms with van der Waals surface area (Å²) >= 11 is 5.57. The first-order chi connectivity index (χ1) is 8.97. The van der Waals surface area contributed by atoms with Gasteiger partial charge in [0, 0.05) is 0 Å². The molecule has 0 saturated heterocycles. The second kappa shape index (κ2) is 5.46. The van der Waals surface area contributed by atoms with Gasteiger partial charge in [-0.25, -0.2) is 0 Å². The number of benzene rings is 1. The Labute approximate surface area is 115 Å². The maximum atomic E-state index is 11.9. The summed E-state index contributed by atoms with van der Waals surface area (Å²) in [6.45, 7) is 1.88. The SMILES string of the molecule is Cc1ccc(S(=O)(=O)N/N=C/c2ccc(Cl)o2)cc1. The van der Waals surface area contributed by atoms with Crippen LogP contribution in [0.3, 0.4) is 0 Å². The van der Waals surface area contributed by atoms with Crippen molar-refractivity contribution in [1.82, 2.24) is 4.83 Å². The summed E-state index contributed by atoms with van der Waals surface area (Å²) in [6, 6.07) is 9.56. The zero-order valence-electron chi connectivity index (χ0n) is 10.00. The lowest BCUT2D eigenvalue weighted by atomic mass is 10.2. The minimum atomic E-state index is -3.66. The Morgan fingerprint density at radius 1 is 1.21 bits per heavy atom. The Morgan fingerprint density at radius 3 is 2.47 bits per heavy atom. The summed E-state index contributed by atoms with van der Waals surface area (Å²) in [5.41, 5.74) is 0.979. The molecule has 19 heavy (non-hydrogen) atoms. The Balaban J connectivity index is 2.09. The normalized spacial score (nSPS) is 11.9. The minimum absolute atomic E-state index is 0.146. The van der Waals surface area contributed by atoms with Crippen molar-refractivity contribution >= 4 is 27.8 Å². The van der Waals surface area contributed by atoms with Gasteiger partial charge in [0.15, 0.2) is 5.22 Å². The van der Waals surface area contributed by atoms with Gasteiger partial charge >= 0.3 is 0 Å². The Morgan fingerprint density at radius 2 is 1.89 bits per heavy atom. The standard InChI is InChI=1S/C12H11ClN2O3S/c1-9-2-5-11(6-3-9)19(16,17)15-14-8-10-4-7-12(13)18-10/h2-8,15H,1H3/b14-8+. The van der Waals surface area contributed by atoms with Gasteiger partial charge in [-0.2, -0.15) is 18.4 Å². The predicted molar refractivity (Wildman–Crippen MR) is 72.8 cm³/mol. The first kappa shape index (κ1) is 13.6. The quantitative estimate of drug-likeness (QED) is 0.696. The van der Waals surface area contributed by atoms with E-state index in [0.717, 1.165) is 5.56 Å². The molecule has 0 unspecified atom stereocenters. The Hall–Kier alpha value is -1.79. The zero-order chi connectivity index (χ0) is 13.9. The number of hydrogen-bond acceptors (Lipinski definition) is 4. The summed E-state index contributed by atoms with van der Waals surface area (Å²) in [4.78, 5) is 2.24. The molecule has 1 aromatic carbocycles. The van der Waals surface area contributed by atoms with Crippen LogP contribution in [0.5, 0.6) is 0 Å². The van der Waals surface area contributed by atoms with Gasteiger partial charge in [-0.15, -0.1) is 0 Å². The molecular weight excluding hydrogens is 288 g/mol. The zero-order valence-corrected chi connectivity index (χ0v) is 11.6.